The highest BCUT2D eigenvalue weighted by Gasteiger charge is 2.22. The highest BCUT2D eigenvalue weighted by atomic mass is 35.5. The molecular formula is C13H19ClN2O2S. The lowest BCUT2D eigenvalue weighted by molar-refractivity contribution is -0.0141. The fraction of sp³-hybridized carbons (Fsp3) is 0.538. The van der Waals surface area contributed by atoms with Gasteiger partial charge in [-0.1, -0.05) is 18.5 Å². The van der Waals surface area contributed by atoms with E-state index in [4.69, 9.17) is 22.1 Å². The molecule has 1 aromatic carbocycles. The van der Waals surface area contributed by atoms with Crippen molar-refractivity contribution in [3.63, 3.8) is 0 Å². The minimum atomic E-state index is -1.18. The van der Waals surface area contributed by atoms with E-state index in [1.54, 1.807) is 18.2 Å². The first-order valence-electron chi connectivity index (χ1n) is 6.37. The van der Waals surface area contributed by atoms with E-state index >= 15 is 0 Å². The van der Waals surface area contributed by atoms with Gasteiger partial charge >= 0.3 is 0 Å². The number of nitrogens with two attached hydrogens (primary N) is 1. The van der Waals surface area contributed by atoms with E-state index in [0.29, 0.717) is 28.0 Å². The number of halogens is 1. The van der Waals surface area contributed by atoms with Crippen molar-refractivity contribution in [2.45, 2.75) is 17.9 Å². The summed E-state index contributed by atoms with van der Waals surface area (Å²) >= 11 is 5.92. The molecule has 1 fully saturated rings. The quantitative estimate of drug-likeness (QED) is 0.861. The van der Waals surface area contributed by atoms with Crippen LogP contribution in [-0.2, 0) is 15.5 Å². The van der Waals surface area contributed by atoms with E-state index in [1.807, 2.05) is 0 Å². The molecule has 1 saturated heterocycles. The molecule has 1 aliphatic heterocycles. The molecule has 0 aliphatic carbocycles. The summed E-state index contributed by atoms with van der Waals surface area (Å²) in [5.41, 5.74) is 6.37. The highest BCUT2D eigenvalue weighted by molar-refractivity contribution is 7.85. The summed E-state index contributed by atoms with van der Waals surface area (Å²) in [6.07, 6.45) is -0.00656. The molecule has 0 amide bonds. The Hall–Kier alpha value is -0.620. The fourth-order valence-corrected chi connectivity index (χ4v) is 3.68. The molecule has 6 heteroatoms. The normalized spacial score (nSPS) is 22.3. The topological polar surface area (TPSA) is 55.6 Å². The van der Waals surface area contributed by atoms with E-state index in [0.717, 1.165) is 19.6 Å². The molecule has 1 heterocycles. The molecule has 2 N–H and O–H groups in total. The number of likely N-dealkylation sites (N-methyl/N-ethyl adjacent to an activating group) is 1. The van der Waals surface area contributed by atoms with Crippen LogP contribution in [0.5, 0.6) is 0 Å². The van der Waals surface area contributed by atoms with Crippen LogP contribution in [0.4, 0.5) is 5.69 Å². The van der Waals surface area contributed by atoms with Gasteiger partial charge in [-0.2, -0.15) is 0 Å². The Labute approximate surface area is 121 Å². The molecule has 0 saturated carbocycles. The third-order valence-corrected chi connectivity index (χ3v) is 4.98. The van der Waals surface area contributed by atoms with Crippen molar-refractivity contribution in [1.29, 1.82) is 0 Å². The van der Waals surface area contributed by atoms with Gasteiger partial charge in [-0.3, -0.25) is 9.11 Å². The van der Waals surface area contributed by atoms with Gasteiger partial charge in [0.1, 0.15) is 0 Å². The van der Waals surface area contributed by atoms with Crippen molar-refractivity contribution < 1.29 is 8.95 Å². The van der Waals surface area contributed by atoms with Crippen molar-refractivity contribution in [3.8, 4) is 0 Å². The van der Waals surface area contributed by atoms with Crippen molar-refractivity contribution in [1.82, 2.24) is 4.90 Å². The number of nitrogens with zero attached hydrogens (tertiary/aromatic N) is 1. The number of nitrogen functional groups attached to an aromatic ring is 1. The summed E-state index contributed by atoms with van der Waals surface area (Å²) in [4.78, 5) is 2.90. The van der Waals surface area contributed by atoms with E-state index < -0.39 is 10.8 Å². The first-order valence-corrected chi connectivity index (χ1v) is 8.07. The average Bonchev–Trinajstić information content (AvgIpc) is 2.41. The van der Waals surface area contributed by atoms with Gasteiger partial charge in [-0.15, -0.1) is 0 Å². The molecule has 4 nitrogen and oxygen atoms in total. The van der Waals surface area contributed by atoms with Crippen molar-refractivity contribution in [2.75, 3.05) is 37.7 Å². The summed E-state index contributed by atoms with van der Waals surface area (Å²) in [6.45, 7) is 5.57. The second kappa shape index (κ2) is 6.70. The molecule has 1 aliphatic rings. The number of anilines is 1. The zero-order valence-corrected chi connectivity index (χ0v) is 12.5. The van der Waals surface area contributed by atoms with Gasteiger partial charge in [0.25, 0.3) is 0 Å². The largest absolute Gasteiger partial charge is 0.398 e. The Morgan fingerprint density at radius 2 is 2.37 bits per heavy atom. The third-order valence-electron chi connectivity index (χ3n) is 3.23. The Morgan fingerprint density at radius 1 is 1.58 bits per heavy atom. The van der Waals surface area contributed by atoms with Crippen LogP contribution in [0.1, 0.15) is 6.92 Å². The monoisotopic (exact) mass is 302 g/mol. The van der Waals surface area contributed by atoms with Crippen molar-refractivity contribution >= 4 is 28.1 Å². The summed E-state index contributed by atoms with van der Waals surface area (Å²) in [7, 11) is -1.18. The second-order valence-corrected chi connectivity index (χ2v) is 6.48. The molecule has 0 aromatic heterocycles. The second-order valence-electron chi connectivity index (χ2n) is 4.58. The summed E-state index contributed by atoms with van der Waals surface area (Å²) in [5, 5.41) is 0.553. The molecule has 0 spiro atoms. The van der Waals surface area contributed by atoms with Crippen LogP contribution in [0.3, 0.4) is 0 Å². The van der Waals surface area contributed by atoms with E-state index in [9.17, 15) is 4.21 Å². The maximum atomic E-state index is 12.4. The number of rotatable bonds is 4. The van der Waals surface area contributed by atoms with Crippen LogP contribution in [0.15, 0.2) is 23.1 Å². The first-order chi connectivity index (χ1) is 9.10. The van der Waals surface area contributed by atoms with Crippen LogP contribution in [0.25, 0.3) is 0 Å². The van der Waals surface area contributed by atoms with E-state index in [1.165, 1.54) is 0 Å². The SMILES string of the molecule is CCN1CCOC(CS(=O)c2cc(Cl)ccc2N)C1. The summed E-state index contributed by atoms with van der Waals surface area (Å²) < 4.78 is 18.0. The van der Waals surface area contributed by atoms with Gasteiger partial charge in [0.2, 0.25) is 0 Å². The molecule has 19 heavy (non-hydrogen) atoms. The Kier molecular flexibility index (Phi) is 5.21. The van der Waals surface area contributed by atoms with Crippen LogP contribution in [0.2, 0.25) is 5.02 Å². The van der Waals surface area contributed by atoms with E-state index in [-0.39, 0.29) is 6.10 Å². The number of benzene rings is 1. The number of hydrogen-bond acceptors (Lipinski definition) is 4. The van der Waals surface area contributed by atoms with Gasteiger partial charge < -0.3 is 10.5 Å². The van der Waals surface area contributed by atoms with Crippen LogP contribution in [-0.4, -0.2) is 47.2 Å². The lowest BCUT2D eigenvalue weighted by Gasteiger charge is -2.31. The third kappa shape index (κ3) is 3.92. The minimum Gasteiger partial charge on any atom is -0.398 e. The van der Waals surface area contributed by atoms with Crippen molar-refractivity contribution in [2.24, 2.45) is 0 Å². The predicted octanol–water partition coefficient (Wildman–Crippen LogP) is 1.75. The Morgan fingerprint density at radius 3 is 3.11 bits per heavy atom. The molecule has 0 radical (unpaired) electrons. The lowest BCUT2D eigenvalue weighted by Crippen LogP contribution is -2.44. The Bertz CT molecular complexity index is 470. The maximum Gasteiger partial charge on any atom is 0.0821 e. The smallest absolute Gasteiger partial charge is 0.0821 e. The molecule has 0 bridgehead atoms. The van der Waals surface area contributed by atoms with Gasteiger partial charge in [0.05, 0.1) is 34.2 Å². The molecule has 2 rings (SSSR count). The molecule has 2 unspecified atom stereocenters. The standard InChI is InChI=1S/C13H19ClN2O2S/c1-2-16-5-6-18-11(8-16)9-19(17)13-7-10(14)3-4-12(13)15/h3-4,7,11H,2,5-6,8-9,15H2,1H3. The molecular weight excluding hydrogens is 284 g/mol. The van der Waals surface area contributed by atoms with Gasteiger partial charge in [-0.05, 0) is 24.7 Å². The number of ether oxygens (including phenoxy) is 1. The number of hydrogen-bond donors (Lipinski definition) is 1. The van der Waals surface area contributed by atoms with Crippen molar-refractivity contribution in [3.05, 3.63) is 23.2 Å². The average molecular weight is 303 g/mol. The lowest BCUT2D eigenvalue weighted by atomic mass is 10.3. The summed E-state index contributed by atoms with van der Waals surface area (Å²) in [6, 6.07) is 5.07. The predicted molar refractivity (Wildman–Crippen MR) is 79.0 cm³/mol. The van der Waals surface area contributed by atoms with Gasteiger partial charge in [0, 0.05) is 23.8 Å². The fourth-order valence-electron chi connectivity index (χ4n) is 2.13. The maximum absolute atomic E-state index is 12.4. The zero-order chi connectivity index (χ0) is 13.8. The van der Waals surface area contributed by atoms with Crippen LogP contribution < -0.4 is 5.73 Å². The van der Waals surface area contributed by atoms with Gasteiger partial charge in [-0.25, -0.2) is 0 Å². The summed E-state index contributed by atoms with van der Waals surface area (Å²) in [5.74, 6) is 0.459. The molecule has 1 aromatic rings. The highest BCUT2D eigenvalue weighted by Crippen LogP contribution is 2.22. The molecule has 2 atom stereocenters. The van der Waals surface area contributed by atoms with Gasteiger partial charge in [0.15, 0.2) is 0 Å². The van der Waals surface area contributed by atoms with Crippen LogP contribution in [0, 0.1) is 0 Å². The first kappa shape index (κ1) is 14.8. The van der Waals surface area contributed by atoms with E-state index in [2.05, 4.69) is 11.8 Å². The molecule has 106 valence electrons. The van der Waals surface area contributed by atoms with Crippen LogP contribution >= 0.6 is 11.6 Å². The minimum absolute atomic E-state index is 0.00656. The number of morpholine rings is 1. The zero-order valence-electron chi connectivity index (χ0n) is 11.0. The Balaban J connectivity index is 2.02.